The Hall–Kier alpha value is -2.61. The van der Waals surface area contributed by atoms with Crippen molar-refractivity contribution in [1.82, 2.24) is 10.1 Å². The first kappa shape index (κ1) is 16.3. The van der Waals surface area contributed by atoms with Gasteiger partial charge in [-0.05, 0) is 31.2 Å². The Kier molecular flexibility index (Phi) is 4.39. The third-order valence-electron chi connectivity index (χ3n) is 3.30. The predicted octanol–water partition coefficient (Wildman–Crippen LogP) is 2.76. The lowest BCUT2D eigenvalue weighted by Crippen LogP contribution is -2.07. The summed E-state index contributed by atoms with van der Waals surface area (Å²) in [4.78, 5) is 4.24. The van der Waals surface area contributed by atoms with Gasteiger partial charge in [0.2, 0.25) is 5.89 Å². The molecule has 0 aliphatic heterocycles. The summed E-state index contributed by atoms with van der Waals surface area (Å²) >= 11 is 0. The largest absolute Gasteiger partial charge is 0.497 e. The van der Waals surface area contributed by atoms with Gasteiger partial charge in [-0.1, -0.05) is 5.16 Å². The second-order valence-corrected chi connectivity index (χ2v) is 7.40. The van der Waals surface area contributed by atoms with Crippen LogP contribution in [0.15, 0.2) is 45.5 Å². The Morgan fingerprint density at radius 2 is 1.92 bits per heavy atom. The molecule has 0 radical (unpaired) electrons. The molecule has 0 saturated carbocycles. The third-order valence-corrected chi connectivity index (χ3v) is 4.76. The molecule has 1 aromatic carbocycles. The fraction of sp³-hybridized carbons (Fsp3) is 0.250. The van der Waals surface area contributed by atoms with Crippen molar-refractivity contribution in [1.29, 1.82) is 0 Å². The molecule has 126 valence electrons. The number of hydrogen-bond acceptors (Lipinski definition) is 7. The molecule has 0 aliphatic carbocycles. The predicted molar refractivity (Wildman–Crippen MR) is 86.1 cm³/mol. The van der Waals surface area contributed by atoms with E-state index in [0.717, 1.165) is 11.3 Å². The van der Waals surface area contributed by atoms with Gasteiger partial charge in [-0.25, -0.2) is 13.4 Å². The highest BCUT2D eigenvalue weighted by Crippen LogP contribution is 2.23. The number of ether oxygens (including phenoxy) is 1. The first-order valence-corrected chi connectivity index (χ1v) is 8.99. The summed E-state index contributed by atoms with van der Waals surface area (Å²) in [6, 6.07) is 8.74. The van der Waals surface area contributed by atoms with Gasteiger partial charge in [-0.15, -0.1) is 0 Å². The number of hydrogen-bond donors (Lipinski definition) is 0. The summed E-state index contributed by atoms with van der Waals surface area (Å²) in [5.74, 6) is 0.936. The molecule has 7 nitrogen and oxygen atoms in total. The average molecular weight is 348 g/mol. The first-order chi connectivity index (χ1) is 11.4. The van der Waals surface area contributed by atoms with E-state index in [1.54, 1.807) is 44.4 Å². The van der Waals surface area contributed by atoms with Crippen LogP contribution < -0.4 is 4.74 Å². The van der Waals surface area contributed by atoms with Gasteiger partial charge in [0.05, 0.1) is 24.3 Å². The van der Waals surface area contributed by atoms with E-state index < -0.39 is 9.84 Å². The summed E-state index contributed by atoms with van der Waals surface area (Å²) in [5.41, 5.74) is 1.73. The van der Waals surface area contributed by atoms with Gasteiger partial charge in [-0.3, -0.25) is 0 Å². The number of benzene rings is 1. The van der Waals surface area contributed by atoms with Crippen LogP contribution in [0.3, 0.4) is 0 Å². The van der Waals surface area contributed by atoms with E-state index in [9.17, 15) is 8.42 Å². The van der Waals surface area contributed by atoms with Crippen molar-refractivity contribution in [2.24, 2.45) is 0 Å². The minimum atomic E-state index is -3.43. The maximum Gasteiger partial charge on any atom is 0.226 e. The van der Waals surface area contributed by atoms with Crippen molar-refractivity contribution in [2.45, 2.75) is 18.4 Å². The van der Waals surface area contributed by atoms with Gasteiger partial charge in [0.25, 0.3) is 0 Å². The van der Waals surface area contributed by atoms with Crippen LogP contribution in [0.1, 0.15) is 17.1 Å². The number of nitrogens with zero attached hydrogens (tertiary/aromatic N) is 2. The number of rotatable bonds is 6. The zero-order chi connectivity index (χ0) is 17.2. The zero-order valence-electron chi connectivity index (χ0n) is 13.2. The van der Waals surface area contributed by atoms with E-state index in [0.29, 0.717) is 23.0 Å². The first-order valence-electron chi connectivity index (χ1n) is 7.16. The molecule has 0 spiro atoms. The van der Waals surface area contributed by atoms with Crippen LogP contribution in [0.5, 0.6) is 5.75 Å². The number of sulfone groups is 1. The van der Waals surface area contributed by atoms with E-state index >= 15 is 0 Å². The second kappa shape index (κ2) is 6.48. The standard InChI is InChI=1S/C16H16N2O5S/c1-11-7-15(23-18-11)10-24(19,20)9-13-8-22-16(17-13)12-3-5-14(21-2)6-4-12/h3-8H,9-10H2,1-2H3. The molecule has 0 amide bonds. The molecule has 0 atom stereocenters. The molecule has 2 aromatic heterocycles. The molecule has 3 rings (SSSR count). The number of aryl methyl sites for hydroxylation is 1. The molecule has 0 N–H and O–H groups in total. The van der Waals surface area contributed by atoms with Gasteiger partial charge in [0, 0.05) is 11.6 Å². The fourth-order valence-electron chi connectivity index (χ4n) is 2.22. The molecule has 8 heteroatoms. The summed E-state index contributed by atoms with van der Waals surface area (Å²) in [6.07, 6.45) is 1.35. The molecule has 0 bridgehead atoms. The van der Waals surface area contributed by atoms with Gasteiger partial charge < -0.3 is 13.7 Å². The van der Waals surface area contributed by atoms with Crippen LogP contribution in [0, 0.1) is 6.92 Å². The van der Waals surface area contributed by atoms with Crippen molar-refractivity contribution >= 4 is 9.84 Å². The summed E-state index contributed by atoms with van der Waals surface area (Å²) in [5, 5.41) is 3.68. The van der Waals surface area contributed by atoms with Gasteiger partial charge in [0.15, 0.2) is 15.6 Å². The number of methoxy groups -OCH3 is 1. The molecule has 0 saturated heterocycles. The van der Waals surface area contributed by atoms with E-state index in [-0.39, 0.29) is 11.5 Å². The van der Waals surface area contributed by atoms with Crippen LogP contribution >= 0.6 is 0 Å². The molecule has 0 fully saturated rings. The minimum absolute atomic E-state index is 0.224. The van der Waals surface area contributed by atoms with E-state index in [4.69, 9.17) is 13.7 Å². The highest BCUT2D eigenvalue weighted by molar-refractivity contribution is 7.89. The van der Waals surface area contributed by atoms with Crippen molar-refractivity contribution in [3.05, 3.63) is 53.7 Å². The lowest BCUT2D eigenvalue weighted by molar-refractivity contribution is 0.388. The SMILES string of the molecule is COc1ccc(-c2nc(CS(=O)(=O)Cc3cc(C)no3)co2)cc1. The maximum atomic E-state index is 12.2. The topological polar surface area (TPSA) is 95.4 Å². The number of oxazole rings is 1. The highest BCUT2D eigenvalue weighted by atomic mass is 32.2. The van der Waals surface area contributed by atoms with Crippen LogP contribution in [0.2, 0.25) is 0 Å². The Bertz CT molecular complexity index is 926. The summed E-state index contributed by atoms with van der Waals surface area (Å²) in [6.45, 7) is 1.73. The Balaban J connectivity index is 1.72. The van der Waals surface area contributed by atoms with Crippen LogP contribution in [0.4, 0.5) is 0 Å². The van der Waals surface area contributed by atoms with Crippen LogP contribution in [-0.2, 0) is 21.3 Å². The Labute approximate surface area is 139 Å². The lowest BCUT2D eigenvalue weighted by atomic mass is 10.2. The molecular weight excluding hydrogens is 332 g/mol. The molecule has 3 aromatic rings. The Morgan fingerprint density at radius 3 is 2.54 bits per heavy atom. The molecule has 0 aliphatic rings. The molecule has 0 unspecified atom stereocenters. The average Bonchev–Trinajstić information content (AvgIpc) is 3.15. The second-order valence-electron chi connectivity index (χ2n) is 5.34. The van der Waals surface area contributed by atoms with Crippen LogP contribution in [-0.4, -0.2) is 25.7 Å². The lowest BCUT2D eigenvalue weighted by Gasteiger charge is -2.00. The number of aromatic nitrogens is 2. The fourth-order valence-corrected chi connectivity index (χ4v) is 3.47. The smallest absolute Gasteiger partial charge is 0.226 e. The quantitative estimate of drug-likeness (QED) is 0.676. The van der Waals surface area contributed by atoms with Crippen molar-refractivity contribution in [2.75, 3.05) is 7.11 Å². The van der Waals surface area contributed by atoms with E-state index in [1.807, 2.05) is 0 Å². The molecular formula is C16H16N2O5S. The van der Waals surface area contributed by atoms with Gasteiger partial charge in [-0.2, -0.15) is 0 Å². The highest BCUT2D eigenvalue weighted by Gasteiger charge is 2.19. The minimum Gasteiger partial charge on any atom is -0.497 e. The van der Waals surface area contributed by atoms with Gasteiger partial charge >= 0.3 is 0 Å². The van der Waals surface area contributed by atoms with Crippen LogP contribution in [0.25, 0.3) is 11.5 Å². The summed E-state index contributed by atoms with van der Waals surface area (Å²) < 4.78 is 39.9. The molecule has 24 heavy (non-hydrogen) atoms. The normalized spacial score (nSPS) is 11.6. The van der Waals surface area contributed by atoms with E-state index in [1.165, 1.54) is 6.26 Å². The van der Waals surface area contributed by atoms with Crippen molar-refractivity contribution in [3.8, 4) is 17.2 Å². The van der Waals surface area contributed by atoms with E-state index in [2.05, 4.69) is 10.1 Å². The van der Waals surface area contributed by atoms with Crippen molar-refractivity contribution < 1.29 is 22.1 Å². The third kappa shape index (κ3) is 3.83. The van der Waals surface area contributed by atoms with Gasteiger partial charge in [0.1, 0.15) is 17.8 Å². The maximum absolute atomic E-state index is 12.2. The zero-order valence-corrected chi connectivity index (χ0v) is 14.0. The monoisotopic (exact) mass is 348 g/mol. The van der Waals surface area contributed by atoms with Crippen molar-refractivity contribution in [3.63, 3.8) is 0 Å². The Morgan fingerprint density at radius 1 is 1.17 bits per heavy atom. The summed E-state index contributed by atoms with van der Waals surface area (Å²) in [7, 11) is -1.85. The molecule has 2 heterocycles.